The molecule has 3 N–H and O–H groups in total. The summed E-state index contributed by atoms with van der Waals surface area (Å²) in [6.07, 6.45) is 2.15. The number of nitrogens with one attached hydrogen (secondary N) is 1. The van der Waals surface area contributed by atoms with E-state index < -0.39 is 41.8 Å². The predicted molar refractivity (Wildman–Crippen MR) is 115 cm³/mol. The number of likely N-dealkylation sites (N-methyl/N-ethyl adjacent to an activating group) is 1. The van der Waals surface area contributed by atoms with Crippen molar-refractivity contribution < 1.29 is 33.2 Å². The number of rotatable bonds is 8. The number of hydrogen-bond acceptors (Lipinski definition) is 11. The molecule has 1 aromatic heterocycles. The van der Waals surface area contributed by atoms with Gasteiger partial charge < -0.3 is 30.3 Å². The Morgan fingerprint density at radius 3 is 2.76 bits per heavy atom. The number of likely N-dealkylation sites (tertiary alicyclic amines) is 1. The molecule has 33 heavy (non-hydrogen) atoms. The molecule has 0 aliphatic carbocycles. The third-order valence-corrected chi connectivity index (χ3v) is 7.70. The summed E-state index contributed by atoms with van der Waals surface area (Å²) in [4.78, 5) is 46.9. The average Bonchev–Trinajstić information content (AvgIpc) is 3.40. The van der Waals surface area contributed by atoms with Crippen molar-refractivity contribution in [2.75, 3.05) is 45.0 Å². The monoisotopic (exact) mass is 499 g/mol. The quantitative estimate of drug-likeness (QED) is 0.186. The first-order valence-corrected chi connectivity index (χ1v) is 11.9. The van der Waals surface area contributed by atoms with Gasteiger partial charge in [0.05, 0.1) is 31.8 Å². The van der Waals surface area contributed by atoms with Crippen LogP contribution in [-0.4, -0.2) is 92.9 Å². The molecule has 2 atom stereocenters. The molecule has 2 saturated heterocycles. The van der Waals surface area contributed by atoms with Crippen LogP contribution < -0.4 is 16.2 Å². The number of amides is 2. The lowest BCUT2D eigenvalue weighted by atomic mass is 10.0. The number of halogens is 1. The summed E-state index contributed by atoms with van der Waals surface area (Å²) >= 11 is 2.16. The van der Waals surface area contributed by atoms with Gasteiger partial charge in [0, 0.05) is 35.7 Å². The summed E-state index contributed by atoms with van der Waals surface area (Å²) in [5, 5.41) is 17.3. The van der Waals surface area contributed by atoms with Crippen molar-refractivity contribution in [3.05, 3.63) is 17.1 Å². The van der Waals surface area contributed by atoms with E-state index in [1.807, 2.05) is 0 Å². The molecular formula is C18H22FN7O5S2. The van der Waals surface area contributed by atoms with Gasteiger partial charge in [-0.3, -0.25) is 14.5 Å². The lowest BCUT2D eigenvalue weighted by Crippen LogP contribution is -2.71. The molecule has 2 fully saturated rings. The number of fused-ring (bicyclic) bond motifs is 1. The van der Waals surface area contributed by atoms with E-state index in [1.54, 1.807) is 0 Å². The summed E-state index contributed by atoms with van der Waals surface area (Å²) in [5.41, 5.74) is 5.61. The van der Waals surface area contributed by atoms with Gasteiger partial charge in [-0.2, -0.15) is 9.36 Å². The fourth-order valence-electron chi connectivity index (χ4n) is 4.32. The fraction of sp³-hybridized carbons (Fsp3) is 0.556. The number of quaternary nitrogens is 1. The first-order chi connectivity index (χ1) is 15.7. The summed E-state index contributed by atoms with van der Waals surface area (Å²) in [6.45, 7) is 1.13. The molecule has 3 aliphatic rings. The number of carboxylic acids is 1. The largest absolute Gasteiger partial charge is 0.543 e. The molecule has 4 heterocycles. The lowest BCUT2D eigenvalue weighted by Gasteiger charge is -2.51. The topological polar surface area (TPSA) is 163 Å². The Hall–Kier alpha value is -2.78. The normalized spacial score (nSPS) is 24.4. The molecule has 0 bridgehead atoms. The molecule has 1 aromatic rings. The van der Waals surface area contributed by atoms with Gasteiger partial charge in [0.1, 0.15) is 18.0 Å². The molecular weight excluding hydrogens is 477 g/mol. The molecule has 0 radical (unpaired) electrons. The molecule has 4 rings (SSSR count). The number of oxime groups is 1. The highest BCUT2D eigenvalue weighted by Gasteiger charge is 2.53. The Morgan fingerprint density at radius 2 is 2.15 bits per heavy atom. The van der Waals surface area contributed by atoms with Gasteiger partial charge in [-0.15, -0.1) is 11.8 Å². The Kier molecular flexibility index (Phi) is 6.54. The zero-order chi connectivity index (χ0) is 23.8. The first-order valence-electron chi connectivity index (χ1n) is 10.1. The second kappa shape index (κ2) is 9.23. The number of aliphatic carboxylic acids is 1. The third-order valence-electron chi connectivity index (χ3n) is 5.82. The predicted octanol–water partition coefficient (Wildman–Crippen LogP) is -1.59. The van der Waals surface area contributed by atoms with Crippen LogP contribution in [0.25, 0.3) is 0 Å². The van der Waals surface area contributed by atoms with Gasteiger partial charge in [-0.05, 0) is 0 Å². The number of nitrogens with two attached hydrogens (primary N) is 1. The van der Waals surface area contributed by atoms with Crippen LogP contribution in [0.2, 0.25) is 0 Å². The summed E-state index contributed by atoms with van der Waals surface area (Å²) in [5.74, 6) is -2.66. The van der Waals surface area contributed by atoms with Crippen molar-refractivity contribution in [3.8, 4) is 0 Å². The van der Waals surface area contributed by atoms with Crippen LogP contribution in [0.4, 0.5) is 9.52 Å². The summed E-state index contributed by atoms with van der Waals surface area (Å²) in [6, 6.07) is -1.01. The van der Waals surface area contributed by atoms with E-state index in [1.165, 1.54) is 16.7 Å². The number of nitrogens with zero attached hydrogens (tertiary/aromatic N) is 5. The fourth-order valence-corrected chi connectivity index (χ4v) is 6.09. The van der Waals surface area contributed by atoms with Gasteiger partial charge in [-0.25, -0.2) is 4.39 Å². The number of carboxylic acid groups (broad SMARTS) is 1. The maximum atomic E-state index is 12.9. The van der Waals surface area contributed by atoms with Gasteiger partial charge >= 0.3 is 0 Å². The maximum absolute atomic E-state index is 12.9. The summed E-state index contributed by atoms with van der Waals surface area (Å²) < 4.78 is 17.0. The number of nitrogen functional groups attached to an aromatic ring is 1. The Morgan fingerprint density at radius 1 is 1.42 bits per heavy atom. The molecule has 0 unspecified atom stereocenters. The number of carbonyl (C=O) groups excluding carboxylic acids is 3. The number of thioether (sulfide) groups is 1. The second-order valence-electron chi connectivity index (χ2n) is 8.17. The molecule has 12 nitrogen and oxygen atoms in total. The van der Waals surface area contributed by atoms with Gasteiger partial charge in [0.15, 0.2) is 5.13 Å². The minimum atomic E-state index is -1.42. The van der Waals surface area contributed by atoms with E-state index in [-0.39, 0.29) is 16.7 Å². The van der Waals surface area contributed by atoms with Crippen molar-refractivity contribution in [1.29, 1.82) is 0 Å². The zero-order valence-corrected chi connectivity index (χ0v) is 19.3. The number of aromatic nitrogens is 2. The van der Waals surface area contributed by atoms with Crippen LogP contribution in [-0.2, 0) is 19.2 Å². The van der Waals surface area contributed by atoms with Crippen LogP contribution in [0.5, 0.6) is 0 Å². The zero-order valence-electron chi connectivity index (χ0n) is 17.7. The molecule has 178 valence electrons. The lowest BCUT2D eigenvalue weighted by molar-refractivity contribution is -0.893. The Balaban J connectivity index is 1.52. The highest BCUT2D eigenvalue weighted by atomic mass is 32.2. The number of β-lactam (4-membered cyclic amide) rings is 1. The number of anilines is 1. The SMILES string of the molecule is C[N+]1(CC2=C(C(=O)[O-])N3C(=O)[C@@H](NC(=O)/C(=N\OCF)c4nsc(N)n4)[C@@H]3SC2)CCCC1. The number of carbonyl (C=O) groups is 3. The van der Waals surface area contributed by atoms with Crippen molar-refractivity contribution in [2.24, 2.45) is 5.16 Å². The minimum absolute atomic E-state index is 0.0603. The van der Waals surface area contributed by atoms with Crippen LogP contribution in [0, 0.1) is 0 Å². The van der Waals surface area contributed by atoms with Gasteiger partial charge in [0.25, 0.3) is 18.7 Å². The minimum Gasteiger partial charge on any atom is -0.543 e. The van der Waals surface area contributed by atoms with Gasteiger partial charge in [0.2, 0.25) is 11.5 Å². The Bertz CT molecular complexity index is 1040. The molecule has 0 saturated carbocycles. The van der Waals surface area contributed by atoms with Crippen molar-refractivity contribution >= 4 is 51.9 Å². The van der Waals surface area contributed by atoms with E-state index in [2.05, 4.69) is 31.7 Å². The Labute approximate surface area is 196 Å². The average molecular weight is 500 g/mol. The van der Waals surface area contributed by atoms with Crippen LogP contribution >= 0.6 is 23.3 Å². The first kappa shape index (κ1) is 23.4. The molecule has 0 aromatic carbocycles. The standard InChI is InChI=1S/C18H22FN7O5S2/c1-26(4-2-3-5-26)6-9-7-32-16-11(15(28)25(16)12(9)17(29)30)21-14(27)10(23-31-8-19)13-22-18(20)33-24-13/h11,16H,2-8H2,1H3,(H3-,20,21,22,24,27,29,30)/b23-10-/t11-,16+/m1/s1. The molecule has 2 amide bonds. The van der Waals surface area contributed by atoms with Crippen LogP contribution in [0.1, 0.15) is 18.7 Å². The highest BCUT2D eigenvalue weighted by Crippen LogP contribution is 2.41. The molecule has 3 aliphatic heterocycles. The van der Waals surface area contributed by atoms with Crippen molar-refractivity contribution in [1.82, 2.24) is 19.6 Å². The van der Waals surface area contributed by atoms with E-state index in [0.29, 0.717) is 17.9 Å². The van der Waals surface area contributed by atoms with E-state index in [9.17, 15) is 23.9 Å². The van der Waals surface area contributed by atoms with Crippen LogP contribution in [0.3, 0.4) is 0 Å². The van der Waals surface area contributed by atoms with Crippen molar-refractivity contribution in [3.63, 3.8) is 0 Å². The molecule has 0 spiro atoms. The van der Waals surface area contributed by atoms with E-state index in [0.717, 1.165) is 41.9 Å². The van der Waals surface area contributed by atoms with Crippen LogP contribution in [0.15, 0.2) is 16.4 Å². The van der Waals surface area contributed by atoms with Crippen molar-refractivity contribution in [2.45, 2.75) is 24.3 Å². The summed E-state index contributed by atoms with van der Waals surface area (Å²) in [7, 11) is 2.07. The maximum Gasteiger partial charge on any atom is 0.278 e. The highest BCUT2D eigenvalue weighted by molar-refractivity contribution is 8.00. The number of hydrogen-bond donors (Lipinski definition) is 2. The number of alkyl halides is 1. The second-order valence-corrected chi connectivity index (χ2v) is 10.1. The van der Waals surface area contributed by atoms with Gasteiger partial charge in [-0.1, -0.05) is 5.16 Å². The smallest absolute Gasteiger partial charge is 0.278 e. The third kappa shape index (κ3) is 4.52. The van der Waals surface area contributed by atoms with E-state index in [4.69, 9.17) is 5.73 Å². The van der Waals surface area contributed by atoms with E-state index >= 15 is 0 Å². The molecule has 15 heteroatoms.